The Morgan fingerprint density at radius 2 is 1.64 bits per heavy atom. The monoisotopic (exact) mass is 331 g/mol. The Kier molecular flexibility index (Phi) is 6.67. The van der Waals surface area contributed by atoms with Gasteiger partial charge in [-0.1, -0.05) is 43.7 Å². The summed E-state index contributed by atoms with van der Waals surface area (Å²) >= 11 is 0. The lowest BCUT2D eigenvalue weighted by molar-refractivity contribution is 0.207. The van der Waals surface area contributed by atoms with E-state index >= 15 is 0 Å². The van der Waals surface area contributed by atoms with Gasteiger partial charge in [0.15, 0.2) is 5.69 Å². The molecule has 2 aromatic rings. The molecule has 0 spiro atoms. The molecule has 0 N–H and O–H groups in total. The Hall–Kier alpha value is -2.71. The van der Waals surface area contributed by atoms with Gasteiger partial charge in [-0.15, -0.1) is 0 Å². The summed E-state index contributed by atoms with van der Waals surface area (Å²) in [5.41, 5.74) is 4.58. The number of benzene rings is 2. The fourth-order valence-corrected chi connectivity index (χ4v) is 2.75. The van der Waals surface area contributed by atoms with Gasteiger partial charge in [0, 0.05) is 11.1 Å². The van der Waals surface area contributed by atoms with E-state index in [4.69, 9.17) is 11.3 Å². The van der Waals surface area contributed by atoms with Crippen molar-refractivity contribution in [3.05, 3.63) is 70.1 Å². The molecule has 25 heavy (non-hydrogen) atoms. The van der Waals surface area contributed by atoms with Crippen LogP contribution in [0.4, 0.5) is 5.69 Å². The van der Waals surface area contributed by atoms with Gasteiger partial charge in [0.1, 0.15) is 5.75 Å². The summed E-state index contributed by atoms with van der Waals surface area (Å²) in [6.07, 6.45) is 3.70. The third kappa shape index (κ3) is 5.40. The van der Waals surface area contributed by atoms with E-state index in [-0.39, 0.29) is 6.10 Å². The van der Waals surface area contributed by atoms with Gasteiger partial charge in [0.25, 0.3) is 0 Å². The van der Waals surface area contributed by atoms with Gasteiger partial charge in [0.05, 0.1) is 12.7 Å². The average molecular weight is 331 g/mol. The number of rotatable bonds is 5. The molecule has 2 aromatic carbocycles. The second-order valence-corrected chi connectivity index (χ2v) is 6.42. The number of hydrogen-bond acceptors (Lipinski definition) is 1. The summed E-state index contributed by atoms with van der Waals surface area (Å²) in [5.74, 6) is 7.26. The van der Waals surface area contributed by atoms with E-state index in [0.717, 1.165) is 40.1 Å². The Bertz CT molecular complexity index is 793. The van der Waals surface area contributed by atoms with E-state index in [1.165, 1.54) is 12.8 Å². The first-order chi connectivity index (χ1) is 12.0. The van der Waals surface area contributed by atoms with E-state index < -0.39 is 0 Å². The van der Waals surface area contributed by atoms with Crippen LogP contribution in [0.2, 0.25) is 0 Å². The highest BCUT2D eigenvalue weighted by atomic mass is 16.5. The predicted octanol–water partition coefficient (Wildman–Crippen LogP) is 6.21. The second-order valence-electron chi connectivity index (χ2n) is 6.42. The molecule has 0 aliphatic carbocycles. The number of ether oxygens (including phenoxy) is 1. The maximum atomic E-state index is 7.22. The zero-order valence-electron chi connectivity index (χ0n) is 15.5. The minimum Gasteiger partial charge on any atom is -0.491 e. The standard InChI is InChI=1S/C23H25NO/c1-6-7-8-19(4)25-22-13-11-20(12-14-22)9-10-21-15-17(2)23(24-5)18(3)16-21/h11-16,19H,6-8H2,1-4H3/t19-/m1/s1. The highest BCUT2D eigenvalue weighted by Crippen LogP contribution is 2.24. The first-order valence-electron chi connectivity index (χ1n) is 8.81. The van der Waals surface area contributed by atoms with Crippen molar-refractivity contribution < 1.29 is 4.74 Å². The van der Waals surface area contributed by atoms with E-state index in [0.29, 0.717) is 0 Å². The third-order valence-electron chi connectivity index (χ3n) is 4.11. The van der Waals surface area contributed by atoms with Crippen LogP contribution in [-0.2, 0) is 0 Å². The molecule has 2 heteroatoms. The maximum absolute atomic E-state index is 7.22. The van der Waals surface area contributed by atoms with Crippen molar-refractivity contribution in [3.63, 3.8) is 0 Å². The largest absolute Gasteiger partial charge is 0.491 e. The van der Waals surface area contributed by atoms with Gasteiger partial charge in [-0.3, -0.25) is 0 Å². The maximum Gasteiger partial charge on any atom is 0.193 e. The van der Waals surface area contributed by atoms with Crippen molar-refractivity contribution in [1.82, 2.24) is 0 Å². The molecule has 0 amide bonds. The van der Waals surface area contributed by atoms with Crippen LogP contribution in [-0.4, -0.2) is 6.10 Å². The lowest BCUT2D eigenvalue weighted by Crippen LogP contribution is -2.11. The van der Waals surface area contributed by atoms with Crippen molar-refractivity contribution in [1.29, 1.82) is 0 Å². The molecular formula is C23H25NO. The fraction of sp³-hybridized carbons (Fsp3) is 0.348. The van der Waals surface area contributed by atoms with E-state index in [1.54, 1.807) is 0 Å². The van der Waals surface area contributed by atoms with Crippen molar-refractivity contribution >= 4 is 5.69 Å². The zero-order valence-corrected chi connectivity index (χ0v) is 15.5. The molecule has 0 saturated carbocycles. The molecule has 0 radical (unpaired) electrons. The number of nitrogens with zero attached hydrogens (tertiary/aromatic N) is 1. The van der Waals surface area contributed by atoms with Crippen LogP contribution in [0.3, 0.4) is 0 Å². The smallest absolute Gasteiger partial charge is 0.193 e. The van der Waals surface area contributed by atoms with Crippen molar-refractivity contribution in [2.45, 2.75) is 53.1 Å². The highest BCUT2D eigenvalue weighted by molar-refractivity contribution is 5.61. The average Bonchev–Trinajstić information content (AvgIpc) is 2.59. The molecule has 2 nitrogen and oxygen atoms in total. The number of unbranched alkanes of at least 4 members (excludes halogenated alkanes) is 1. The zero-order chi connectivity index (χ0) is 18.2. The summed E-state index contributed by atoms with van der Waals surface area (Å²) in [6, 6.07) is 11.9. The van der Waals surface area contributed by atoms with E-state index in [1.807, 2.05) is 50.2 Å². The molecule has 2 rings (SSSR count). The Morgan fingerprint density at radius 1 is 1.04 bits per heavy atom. The lowest BCUT2D eigenvalue weighted by atomic mass is 10.0. The van der Waals surface area contributed by atoms with Gasteiger partial charge in [-0.25, -0.2) is 4.85 Å². The molecule has 0 saturated heterocycles. The van der Waals surface area contributed by atoms with Gasteiger partial charge < -0.3 is 4.74 Å². The molecule has 0 bridgehead atoms. The van der Waals surface area contributed by atoms with Gasteiger partial charge in [0.2, 0.25) is 0 Å². The summed E-state index contributed by atoms with van der Waals surface area (Å²) in [7, 11) is 0. The minimum atomic E-state index is 0.240. The summed E-state index contributed by atoms with van der Waals surface area (Å²) in [5, 5.41) is 0. The van der Waals surface area contributed by atoms with Crippen LogP contribution in [0.25, 0.3) is 4.85 Å². The topological polar surface area (TPSA) is 13.6 Å². The summed E-state index contributed by atoms with van der Waals surface area (Å²) in [6.45, 7) is 15.4. The minimum absolute atomic E-state index is 0.240. The molecule has 0 aliphatic rings. The molecule has 0 aliphatic heterocycles. The first kappa shape index (κ1) is 18.6. The lowest BCUT2D eigenvalue weighted by Gasteiger charge is -2.14. The van der Waals surface area contributed by atoms with Gasteiger partial charge >= 0.3 is 0 Å². The Morgan fingerprint density at radius 3 is 2.20 bits per heavy atom. The Labute approximate surface area is 151 Å². The first-order valence-corrected chi connectivity index (χ1v) is 8.81. The quantitative estimate of drug-likeness (QED) is 0.469. The third-order valence-corrected chi connectivity index (χ3v) is 4.11. The number of aryl methyl sites for hydroxylation is 2. The molecular weight excluding hydrogens is 306 g/mol. The van der Waals surface area contributed by atoms with Crippen molar-refractivity contribution in [2.75, 3.05) is 0 Å². The number of hydrogen-bond donors (Lipinski definition) is 0. The van der Waals surface area contributed by atoms with Gasteiger partial charge in [-0.2, -0.15) is 0 Å². The van der Waals surface area contributed by atoms with Crippen molar-refractivity contribution in [2.24, 2.45) is 0 Å². The molecule has 0 heterocycles. The van der Waals surface area contributed by atoms with Crippen LogP contribution in [0.1, 0.15) is 55.4 Å². The highest BCUT2D eigenvalue weighted by Gasteiger charge is 2.04. The molecule has 1 atom stereocenters. The van der Waals surface area contributed by atoms with Crippen molar-refractivity contribution in [3.8, 4) is 17.6 Å². The Balaban J connectivity index is 2.08. The van der Waals surface area contributed by atoms with Gasteiger partial charge in [-0.05, 0) is 62.6 Å². The SMILES string of the molecule is [C-]#[N+]c1c(C)cc(C#Cc2ccc(O[C@H](C)CCCC)cc2)cc1C. The predicted molar refractivity (Wildman–Crippen MR) is 104 cm³/mol. The molecule has 0 fully saturated rings. The van der Waals surface area contributed by atoms with Crippen LogP contribution in [0, 0.1) is 32.3 Å². The molecule has 0 aromatic heterocycles. The molecule has 0 unspecified atom stereocenters. The van der Waals surface area contributed by atoms with Crippen LogP contribution < -0.4 is 4.74 Å². The van der Waals surface area contributed by atoms with Crippen LogP contribution >= 0.6 is 0 Å². The second kappa shape index (κ2) is 8.95. The van der Waals surface area contributed by atoms with Crippen LogP contribution in [0.5, 0.6) is 5.75 Å². The van der Waals surface area contributed by atoms with E-state index in [2.05, 4.69) is 30.5 Å². The van der Waals surface area contributed by atoms with E-state index in [9.17, 15) is 0 Å². The fourth-order valence-electron chi connectivity index (χ4n) is 2.75. The molecule has 128 valence electrons. The normalized spacial score (nSPS) is 11.2. The van der Waals surface area contributed by atoms with Crippen LogP contribution in [0.15, 0.2) is 36.4 Å². The summed E-state index contributed by atoms with van der Waals surface area (Å²) in [4.78, 5) is 3.57. The summed E-state index contributed by atoms with van der Waals surface area (Å²) < 4.78 is 5.91.